The highest BCUT2D eigenvalue weighted by Crippen LogP contribution is 2.21. The third-order valence-electron chi connectivity index (χ3n) is 1.30. The van der Waals surface area contributed by atoms with Crippen LogP contribution in [0.1, 0.15) is 0 Å². The number of oxazole rings is 1. The molecule has 0 aliphatic rings. The molecule has 0 aliphatic heterocycles. The minimum Gasteiger partial charge on any atom is -0.424 e. The number of hydrogen-bond acceptors (Lipinski definition) is 4. The third kappa shape index (κ3) is 0.914. The molecule has 2 heterocycles. The lowest BCUT2D eigenvalue weighted by Crippen LogP contribution is -1.85. The molecule has 2 rings (SSSR count). The molecule has 11 heavy (non-hydrogen) atoms. The van der Waals surface area contributed by atoms with Crippen molar-refractivity contribution in [2.45, 2.75) is 0 Å². The molecule has 0 spiro atoms. The van der Waals surface area contributed by atoms with E-state index >= 15 is 0 Å². The first-order valence-electron chi connectivity index (χ1n) is 2.94. The Balaban J connectivity index is 2.90. The predicted octanol–water partition coefficient (Wildman–Crippen LogP) is 1.46. The molecular formula is C6H4ClN3O. The van der Waals surface area contributed by atoms with Crippen molar-refractivity contribution >= 4 is 28.5 Å². The molecule has 2 aromatic heterocycles. The number of hydrogen-bond donors (Lipinski definition) is 1. The standard InChI is InChI=1S/C6H4ClN3O/c7-6-10-5-4(11-6)3(8)1-2-9-5/h1-2H,(H2,8,9). The van der Waals surface area contributed by atoms with Gasteiger partial charge < -0.3 is 10.2 Å². The third-order valence-corrected chi connectivity index (χ3v) is 1.46. The number of halogens is 1. The van der Waals surface area contributed by atoms with Gasteiger partial charge in [0.25, 0.3) is 5.35 Å². The van der Waals surface area contributed by atoms with E-state index in [-0.39, 0.29) is 5.35 Å². The second-order valence-corrected chi connectivity index (χ2v) is 2.34. The molecule has 0 aromatic carbocycles. The molecule has 5 heteroatoms. The maximum Gasteiger partial charge on any atom is 0.294 e. The molecule has 2 N–H and O–H groups in total. The monoisotopic (exact) mass is 169 g/mol. The van der Waals surface area contributed by atoms with Gasteiger partial charge in [0.15, 0.2) is 5.58 Å². The van der Waals surface area contributed by atoms with Gasteiger partial charge in [-0.3, -0.25) is 0 Å². The van der Waals surface area contributed by atoms with Crippen LogP contribution in [0.5, 0.6) is 0 Å². The Morgan fingerprint density at radius 2 is 2.36 bits per heavy atom. The lowest BCUT2D eigenvalue weighted by atomic mass is 10.4. The zero-order chi connectivity index (χ0) is 7.84. The molecule has 0 aliphatic carbocycles. The number of nitrogen functional groups attached to an aromatic ring is 1. The largest absolute Gasteiger partial charge is 0.424 e. The number of nitrogens with zero attached hydrogens (tertiary/aromatic N) is 2. The van der Waals surface area contributed by atoms with Crippen LogP contribution in [0.15, 0.2) is 16.7 Å². The Morgan fingerprint density at radius 3 is 3.09 bits per heavy atom. The van der Waals surface area contributed by atoms with E-state index in [1.165, 1.54) is 0 Å². The molecular weight excluding hydrogens is 166 g/mol. The lowest BCUT2D eigenvalue weighted by molar-refractivity contribution is 0.605. The van der Waals surface area contributed by atoms with Crippen molar-refractivity contribution in [3.8, 4) is 0 Å². The van der Waals surface area contributed by atoms with Crippen molar-refractivity contribution in [2.24, 2.45) is 0 Å². The van der Waals surface area contributed by atoms with E-state index in [4.69, 9.17) is 21.8 Å². The Kier molecular flexibility index (Phi) is 1.22. The lowest BCUT2D eigenvalue weighted by Gasteiger charge is -1.88. The van der Waals surface area contributed by atoms with Crippen LogP contribution in [0.25, 0.3) is 11.2 Å². The van der Waals surface area contributed by atoms with E-state index < -0.39 is 0 Å². The first-order chi connectivity index (χ1) is 5.27. The van der Waals surface area contributed by atoms with E-state index in [2.05, 4.69) is 9.97 Å². The summed E-state index contributed by atoms with van der Waals surface area (Å²) in [6, 6.07) is 1.63. The summed E-state index contributed by atoms with van der Waals surface area (Å²) in [6.07, 6.45) is 1.55. The number of aromatic nitrogens is 2. The van der Waals surface area contributed by atoms with Gasteiger partial charge in [-0.15, -0.1) is 0 Å². The van der Waals surface area contributed by atoms with Gasteiger partial charge in [-0.1, -0.05) is 0 Å². The van der Waals surface area contributed by atoms with Crippen molar-refractivity contribution < 1.29 is 4.42 Å². The quantitative estimate of drug-likeness (QED) is 0.649. The van der Waals surface area contributed by atoms with E-state index in [0.29, 0.717) is 16.9 Å². The summed E-state index contributed by atoms with van der Waals surface area (Å²) in [5.74, 6) is 0. The Labute approximate surface area is 67.0 Å². The first-order valence-corrected chi connectivity index (χ1v) is 3.31. The first kappa shape index (κ1) is 6.42. The fraction of sp³-hybridized carbons (Fsp3) is 0. The van der Waals surface area contributed by atoms with Gasteiger partial charge >= 0.3 is 0 Å². The Morgan fingerprint density at radius 1 is 1.55 bits per heavy atom. The summed E-state index contributed by atoms with van der Waals surface area (Å²) < 4.78 is 4.97. The molecule has 56 valence electrons. The smallest absolute Gasteiger partial charge is 0.294 e. The molecule has 0 radical (unpaired) electrons. The van der Waals surface area contributed by atoms with Gasteiger partial charge in [-0.05, 0) is 17.7 Å². The summed E-state index contributed by atoms with van der Waals surface area (Å²) in [5, 5.41) is 0.0606. The van der Waals surface area contributed by atoms with Gasteiger partial charge in [0, 0.05) is 6.20 Å². The maximum absolute atomic E-state index is 5.54. The molecule has 0 fully saturated rings. The van der Waals surface area contributed by atoms with Crippen molar-refractivity contribution in [3.63, 3.8) is 0 Å². The van der Waals surface area contributed by atoms with Crippen molar-refractivity contribution in [2.75, 3.05) is 5.73 Å². The highest BCUT2D eigenvalue weighted by atomic mass is 35.5. The molecule has 4 nitrogen and oxygen atoms in total. The molecule has 2 aromatic rings. The second-order valence-electron chi connectivity index (χ2n) is 2.02. The second kappa shape index (κ2) is 2.10. The average molecular weight is 170 g/mol. The predicted molar refractivity (Wildman–Crippen MR) is 41.2 cm³/mol. The van der Waals surface area contributed by atoms with Crippen LogP contribution in [-0.4, -0.2) is 9.97 Å². The normalized spacial score (nSPS) is 10.6. The van der Waals surface area contributed by atoms with Gasteiger partial charge in [-0.25, -0.2) is 4.98 Å². The number of rotatable bonds is 0. The molecule has 0 bridgehead atoms. The summed E-state index contributed by atoms with van der Waals surface area (Å²) in [7, 11) is 0. The zero-order valence-corrected chi connectivity index (χ0v) is 6.17. The SMILES string of the molecule is Nc1ccnc2nc(Cl)oc12. The highest BCUT2D eigenvalue weighted by Gasteiger charge is 2.05. The van der Waals surface area contributed by atoms with Crippen molar-refractivity contribution in [3.05, 3.63) is 17.6 Å². The average Bonchev–Trinajstić information content (AvgIpc) is 2.31. The number of nitrogens with two attached hydrogens (primary N) is 1. The number of pyridine rings is 1. The molecule has 0 amide bonds. The van der Waals surface area contributed by atoms with E-state index in [1.807, 2.05) is 0 Å². The fourth-order valence-corrected chi connectivity index (χ4v) is 0.983. The summed E-state index contributed by atoms with van der Waals surface area (Å²) in [4.78, 5) is 7.68. The van der Waals surface area contributed by atoms with Gasteiger partial charge in [0.05, 0.1) is 5.69 Å². The van der Waals surface area contributed by atoms with Crippen LogP contribution < -0.4 is 5.73 Å². The van der Waals surface area contributed by atoms with Crippen molar-refractivity contribution in [1.82, 2.24) is 9.97 Å². The van der Waals surface area contributed by atoms with E-state index in [9.17, 15) is 0 Å². The van der Waals surface area contributed by atoms with Gasteiger partial charge in [0.1, 0.15) is 0 Å². The molecule has 0 unspecified atom stereocenters. The molecule has 0 saturated heterocycles. The zero-order valence-electron chi connectivity index (χ0n) is 5.41. The minimum absolute atomic E-state index is 0.0606. The maximum atomic E-state index is 5.54. The van der Waals surface area contributed by atoms with Crippen LogP contribution in [-0.2, 0) is 0 Å². The van der Waals surface area contributed by atoms with E-state index in [1.54, 1.807) is 12.3 Å². The van der Waals surface area contributed by atoms with Gasteiger partial charge in [-0.2, -0.15) is 4.98 Å². The van der Waals surface area contributed by atoms with Gasteiger partial charge in [0.2, 0.25) is 5.65 Å². The Bertz CT molecular complexity index is 398. The number of fused-ring (bicyclic) bond motifs is 1. The van der Waals surface area contributed by atoms with E-state index in [0.717, 1.165) is 0 Å². The summed E-state index contributed by atoms with van der Waals surface area (Å²) in [5.41, 5.74) is 6.91. The van der Waals surface area contributed by atoms with Crippen LogP contribution in [0.4, 0.5) is 5.69 Å². The van der Waals surface area contributed by atoms with Crippen LogP contribution in [0, 0.1) is 0 Å². The van der Waals surface area contributed by atoms with Crippen LogP contribution in [0.3, 0.4) is 0 Å². The fourth-order valence-electron chi connectivity index (χ4n) is 0.826. The van der Waals surface area contributed by atoms with Crippen LogP contribution in [0.2, 0.25) is 5.35 Å². The summed E-state index contributed by atoms with van der Waals surface area (Å²) in [6.45, 7) is 0. The van der Waals surface area contributed by atoms with Crippen LogP contribution >= 0.6 is 11.6 Å². The number of anilines is 1. The van der Waals surface area contributed by atoms with Crippen molar-refractivity contribution in [1.29, 1.82) is 0 Å². The Hall–Kier alpha value is -1.29. The molecule has 0 saturated carbocycles. The summed E-state index contributed by atoms with van der Waals surface area (Å²) >= 11 is 5.48. The highest BCUT2D eigenvalue weighted by molar-refractivity contribution is 6.28. The minimum atomic E-state index is 0.0606. The topological polar surface area (TPSA) is 64.9 Å². The molecule has 0 atom stereocenters.